The minimum absolute atomic E-state index is 0.0563. The van der Waals surface area contributed by atoms with Gasteiger partial charge in [-0.1, -0.05) is 42.5 Å². The molecule has 5 rings (SSSR count). The molecule has 0 radical (unpaired) electrons. The third-order valence-electron chi connectivity index (χ3n) is 7.01. The standard InChI is InChI=1S/C29H29F2N3O/c1-2-32-20-25(23-7-3-5-9-27(23)32)24(21-11-13-22(30)14-12-21)19-29(35)34-17-15-33(16-18-34)28-10-6-4-8-26(28)31/h3-14,20,24H,2,15-19H2,1H3. The second kappa shape index (κ2) is 9.90. The normalized spacial score (nSPS) is 14.9. The van der Waals surface area contributed by atoms with Crippen molar-refractivity contribution in [2.75, 3.05) is 31.1 Å². The van der Waals surface area contributed by atoms with Crippen molar-refractivity contribution in [3.05, 3.63) is 102 Å². The van der Waals surface area contributed by atoms with Gasteiger partial charge in [-0.05, 0) is 48.4 Å². The minimum Gasteiger partial charge on any atom is -0.366 e. The molecule has 6 heteroatoms. The Labute approximate surface area is 204 Å². The summed E-state index contributed by atoms with van der Waals surface area (Å²) in [6.45, 7) is 5.18. The van der Waals surface area contributed by atoms with Gasteiger partial charge in [-0.25, -0.2) is 8.78 Å². The Morgan fingerprint density at radius 1 is 0.886 bits per heavy atom. The summed E-state index contributed by atoms with van der Waals surface area (Å²) in [5, 5.41) is 1.11. The van der Waals surface area contributed by atoms with Gasteiger partial charge in [-0.3, -0.25) is 4.79 Å². The maximum Gasteiger partial charge on any atom is 0.223 e. The number of halogens is 2. The van der Waals surface area contributed by atoms with E-state index < -0.39 is 0 Å². The predicted molar refractivity (Wildman–Crippen MR) is 136 cm³/mol. The van der Waals surface area contributed by atoms with Crippen molar-refractivity contribution in [3.8, 4) is 0 Å². The molecule has 1 aromatic heterocycles. The highest BCUT2D eigenvalue weighted by Gasteiger charge is 2.28. The van der Waals surface area contributed by atoms with Crippen LogP contribution in [0.3, 0.4) is 0 Å². The van der Waals surface area contributed by atoms with Gasteiger partial charge in [-0.15, -0.1) is 0 Å². The molecular weight excluding hydrogens is 444 g/mol. The molecule has 180 valence electrons. The lowest BCUT2D eigenvalue weighted by Crippen LogP contribution is -2.49. The number of aromatic nitrogens is 1. The van der Waals surface area contributed by atoms with Gasteiger partial charge in [0.25, 0.3) is 0 Å². The van der Waals surface area contributed by atoms with Crippen LogP contribution in [0.5, 0.6) is 0 Å². The molecule has 0 spiro atoms. The summed E-state index contributed by atoms with van der Waals surface area (Å²) in [7, 11) is 0. The second-order valence-corrected chi connectivity index (χ2v) is 9.02. The van der Waals surface area contributed by atoms with Gasteiger partial charge in [0.1, 0.15) is 11.6 Å². The van der Waals surface area contributed by atoms with E-state index in [2.05, 4.69) is 29.8 Å². The van der Waals surface area contributed by atoms with Crippen LogP contribution in [0.15, 0.2) is 79.0 Å². The first kappa shape index (κ1) is 23.1. The average molecular weight is 474 g/mol. The number of para-hydroxylation sites is 2. The zero-order valence-corrected chi connectivity index (χ0v) is 19.8. The number of aryl methyl sites for hydroxylation is 1. The molecule has 1 amide bonds. The van der Waals surface area contributed by atoms with Crippen molar-refractivity contribution in [3.63, 3.8) is 0 Å². The lowest BCUT2D eigenvalue weighted by molar-refractivity contribution is -0.131. The van der Waals surface area contributed by atoms with Crippen LogP contribution in [0.25, 0.3) is 10.9 Å². The van der Waals surface area contributed by atoms with Crippen LogP contribution in [0, 0.1) is 11.6 Å². The molecule has 1 aliphatic rings. The summed E-state index contributed by atoms with van der Waals surface area (Å²) >= 11 is 0. The zero-order chi connectivity index (χ0) is 24.4. The number of carbonyl (C=O) groups excluding carboxylic acids is 1. The van der Waals surface area contributed by atoms with Gasteiger partial charge in [0.2, 0.25) is 5.91 Å². The number of piperazine rings is 1. The molecule has 4 aromatic rings. The summed E-state index contributed by atoms with van der Waals surface area (Å²) in [6, 6.07) is 21.4. The first-order chi connectivity index (χ1) is 17.0. The fourth-order valence-corrected chi connectivity index (χ4v) is 5.13. The number of hydrogen-bond donors (Lipinski definition) is 0. The third kappa shape index (κ3) is 4.65. The smallest absolute Gasteiger partial charge is 0.223 e. The molecule has 2 heterocycles. The number of benzene rings is 3. The van der Waals surface area contributed by atoms with Crippen LogP contribution in [0.2, 0.25) is 0 Å². The lowest BCUT2D eigenvalue weighted by Gasteiger charge is -2.36. The Kier molecular flexibility index (Phi) is 6.53. The summed E-state index contributed by atoms with van der Waals surface area (Å²) in [6.07, 6.45) is 2.42. The summed E-state index contributed by atoms with van der Waals surface area (Å²) in [5.41, 5.74) is 3.70. The molecule has 1 aliphatic heterocycles. The van der Waals surface area contributed by atoms with Crippen LogP contribution >= 0.6 is 0 Å². The molecule has 4 nitrogen and oxygen atoms in total. The van der Waals surface area contributed by atoms with Crippen molar-refractivity contribution in [2.24, 2.45) is 0 Å². The van der Waals surface area contributed by atoms with Gasteiger partial charge in [0, 0.05) is 62.2 Å². The van der Waals surface area contributed by atoms with Gasteiger partial charge in [-0.2, -0.15) is 0 Å². The Bertz CT molecular complexity index is 1320. The fraction of sp³-hybridized carbons (Fsp3) is 0.276. The maximum atomic E-state index is 14.2. The molecule has 3 aromatic carbocycles. The van der Waals surface area contributed by atoms with E-state index in [0.717, 1.165) is 28.6 Å². The lowest BCUT2D eigenvalue weighted by atomic mass is 9.87. The second-order valence-electron chi connectivity index (χ2n) is 9.02. The average Bonchev–Trinajstić information content (AvgIpc) is 3.27. The van der Waals surface area contributed by atoms with E-state index in [0.29, 0.717) is 38.3 Å². The van der Waals surface area contributed by atoms with E-state index in [4.69, 9.17) is 0 Å². The fourth-order valence-electron chi connectivity index (χ4n) is 5.13. The number of hydrogen-bond acceptors (Lipinski definition) is 2. The van der Waals surface area contributed by atoms with E-state index in [1.165, 1.54) is 18.2 Å². The third-order valence-corrected chi connectivity index (χ3v) is 7.01. The molecular formula is C29H29F2N3O. The van der Waals surface area contributed by atoms with Crippen molar-refractivity contribution in [1.29, 1.82) is 0 Å². The maximum absolute atomic E-state index is 14.2. The van der Waals surface area contributed by atoms with Crippen LogP contribution in [-0.4, -0.2) is 41.6 Å². The van der Waals surface area contributed by atoms with Gasteiger partial charge < -0.3 is 14.4 Å². The van der Waals surface area contributed by atoms with Crippen molar-refractivity contribution < 1.29 is 13.6 Å². The topological polar surface area (TPSA) is 28.5 Å². The van der Waals surface area contributed by atoms with Crippen molar-refractivity contribution >= 4 is 22.5 Å². The molecule has 1 fully saturated rings. The Balaban J connectivity index is 1.40. The van der Waals surface area contributed by atoms with Gasteiger partial charge >= 0.3 is 0 Å². The van der Waals surface area contributed by atoms with Crippen LogP contribution in [-0.2, 0) is 11.3 Å². The van der Waals surface area contributed by atoms with Gasteiger partial charge in [0.15, 0.2) is 0 Å². The van der Waals surface area contributed by atoms with Crippen LogP contribution in [0.1, 0.15) is 30.4 Å². The first-order valence-corrected chi connectivity index (χ1v) is 12.2. The monoisotopic (exact) mass is 473 g/mol. The zero-order valence-electron chi connectivity index (χ0n) is 19.8. The largest absolute Gasteiger partial charge is 0.366 e. The summed E-state index contributed by atoms with van der Waals surface area (Å²) < 4.78 is 30.1. The van der Waals surface area contributed by atoms with Crippen LogP contribution < -0.4 is 4.90 Å². The highest BCUT2D eigenvalue weighted by Crippen LogP contribution is 2.35. The first-order valence-electron chi connectivity index (χ1n) is 12.2. The van der Waals surface area contributed by atoms with E-state index >= 15 is 0 Å². The van der Waals surface area contributed by atoms with Crippen molar-refractivity contribution in [2.45, 2.75) is 25.8 Å². The van der Waals surface area contributed by atoms with E-state index in [1.807, 2.05) is 28.0 Å². The van der Waals surface area contributed by atoms with Gasteiger partial charge in [0.05, 0.1) is 5.69 Å². The molecule has 1 atom stereocenters. The quantitative estimate of drug-likeness (QED) is 0.354. The molecule has 0 N–H and O–H groups in total. The number of rotatable bonds is 6. The Morgan fingerprint density at radius 2 is 1.57 bits per heavy atom. The van der Waals surface area contributed by atoms with E-state index in [-0.39, 0.29) is 23.5 Å². The number of fused-ring (bicyclic) bond motifs is 1. The molecule has 0 saturated carbocycles. The van der Waals surface area contributed by atoms with Crippen LogP contribution in [0.4, 0.5) is 14.5 Å². The Morgan fingerprint density at radius 3 is 2.29 bits per heavy atom. The molecule has 35 heavy (non-hydrogen) atoms. The highest BCUT2D eigenvalue weighted by atomic mass is 19.1. The number of amides is 1. The molecule has 0 aliphatic carbocycles. The molecule has 0 bridgehead atoms. The SMILES string of the molecule is CCn1cc(C(CC(=O)N2CCN(c3ccccc3F)CC2)c2ccc(F)cc2)c2ccccc21. The molecule has 1 saturated heterocycles. The molecule has 1 unspecified atom stereocenters. The predicted octanol–water partition coefficient (Wildman–Crippen LogP) is 5.81. The minimum atomic E-state index is -0.293. The van der Waals surface area contributed by atoms with Crippen molar-refractivity contribution in [1.82, 2.24) is 9.47 Å². The van der Waals surface area contributed by atoms with E-state index in [9.17, 15) is 13.6 Å². The highest BCUT2D eigenvalue weighted by molar-refractivity contribution is 5.86. The number of carbonyl (C=O) groups is 1. The Hall–Kier alpha value is -3.67. The summed E-state index contributed by atoms with van der Waals surface area (Å²) in [4.78, 5) is 17.4. The van der Waals surface area contributed by atoms with E-state index in [1.54, 1.807) is 24.3 Å². The number of nitrogens with zero attached hydrogens (tertiary/aromatic N) is 3. The summed E-state index contributed by atoms with van der Waals surface area (Å²) in [5.74, 6) is -0.665. The number of anilines is 1.